The molecule has 10 heteroatoms. The fraction of sp³-hybridized carbons (Fsp3) is 0.235. The number of carbonyl (C=O) groups is 1. The van der Waals surface area contributed by atoms with Crippen LogP contribution in [0.4, 0.5) is 24.5 Å². The maximum absolute atomic E-state index is 12.8. The van der Waals surface area contributed by atoms with Crippen LogP contribution < -0.4 is 9.62 Å². The van der Waals surface area contributed by atoms with Crippen LogP contribution in [0.25, 0.3) is 0 Å². The summed E-state index contributed by atoms with van der Waals surface area (Å²) in [6, 6.07) is 8.20. The van der Waals surface area contributed by atoms with Crippen LogP contribution in [0.3, 0.4) is 0 Å². The molecule has 1 amide bonds. The summed E-state index contributed by atoms with van der Waals surface area (Å²) >= 11 is 5.86. The zero-order chi connectivity index (χ0) is 20.4. The number of hydrogen-bond acceptors (Lipinski definition) is 3. The molecule has 0 saturated carbocycles. The predicted octanol–water partition coefficient (Wildman–Crippen LogP) is 4.40. The lowest BCUT2D eigenvalue weighted by Crippen LogP contribution is -2.28. The van der Waals surface area contributed by atoms with Gasteiger partial charge in [-0.25, -0.2) is 8.42 Å². The van der Waals surface area contributed by atoms with Crippen molar-refractivity contribution in [3.05, 3.63) is 58.6 Å². The van der Waals surface area contributed by atoms with Gasteiger partial charge in [-0.1, -0.05) is 11.6 Å². The summed E-state index contributed by atoms with van der Waals surface area (Å²) in [6.07, 6.45) is -4.57. The van der Waals surface area contributed by atoms with Crippen LogP contribution in [-0.2, 0) is 16.2 Å². The highest BCUT2D eigenvalue weighted by atomic mass is 35.5. The summed E-state index contributed by atoms with van der Waals surface area (Å²) in [5, 5.41) is 2.29. The molecule has 0 bridgehead atoms. The van der Waals surface area contributed by atoms with Crippen molar-refractivity contribution >= 4 is 38.9 Å². The first-order valence-corrected chi connectivity index (χ1v) is 9.69. The Morgan fingerprint density at radius 1 is 1.15 bits per heavy atom. The fourth-order valence-corrected chi connectivity index (χ4v) is 3.16. The van der Waals surface area contributed by atoms with E-state index in [-0.39, 0.29) is 22.0 Å². The third-order valence-corrected chi connectivity index (χ3v) is 5.92. The lowest BCUT2D eigenvalue weighted by molar-refractivity contribution is -0.137. The molecule has 0 aromatic heterocycles. The zero-order valence-electron chi connectivity index (χ0n) is 14.3. The van der Waals surface area contributed by atoms with Crippen LogP contribution in [0, 0.1) is 0 Å². The van der Waals surface area contributed by atoms with E-state index in [1.165, 1.54) is 38.2 Å². The van der Waals surface area contributed by atoms with Gasteiger partial charge in [0, 0.05) is 12.6 Å². The van der Waals surface area contributed by atoms with E-state index in [9.17, 15) is 26.4 Å². The minimum Gasteiger partial charge on any atom is -0.321 e. The van der Waals surface area contributed by atoms with Gasteiger partial charge in [-0.15, -0.1) is 0 Å². The summed E-state index contributed by atoms with van der Waals surface area (Å²) in [5.74, 6) is -0.761. The van der Waals surface area contributed by atoms with Crippen molar-refractivity contribution in [1.29, 1.82) is 0 Å². The molecular formula is C17H16ClF3N2O3S. The lowest BCUT2D eigenvalue weighted by Gasteiger charge is -2.18. The highest BCUT2D eigenvalue weighted by Gasteiger charge is 2.31. The van der Waals surface area contributed by atoms with E-state index in [0.717, 1.165) is 22.5 Å². The number of halogens is 4. The van der Waals surface area contributed by atoms with E-state index in [0.29, 0.717) is 5.69 Å². The summed E-state index contributed by atoms with van der Waals surface area (Å²) < 4.78 is 63.2. The predicted molar refractivity (Wildman–Crippen MR) is 98.7 cm³/mol. The molecule has 0 unspecified atom stereocenters. The molecule has 5 nitrogen and oxygen atoms in total. The summed E-state index contributed by atoms with van der Waals surface area (Å²) in [6.45, 7) is 1.51. The van der Waals surface area contributed by atoms with E-state index in [1.807, 2.05) is 0 Å². The van der Waals surface area contributed by atoms with Crippen molar-refractivity contribution in [3.63, 3.8) is 0 Å². The van der Waals surface area contributed by atoms with Crippen LogP contribution in [0.1, 0.15) is 22.8 Å². The van der Waals surface area contributed by atoms with Gasteiger partial charge >= 0.3 is 6.18 Å². The number of hydrogen-bond donors (Lipinski definition) is 1. The van der Waals surface area contributed by atoms with Crippen molar-refractivity contribution in [2.24, 2.45) is 0 Å². The maximum atomic E-state index is 12.8. The molecule has 0 aliphatic heterocycles. The van der Waals surface area contributed by atoms with E-state index in [2.05, 4.69) is 5.32 Å². The Hall–Kier alpha value is -2.26. The van der Waals surface area contributed by atoms with Crippen LogP contribution >= 0.6 is 11.6 Å². The van der Waals surface area contributed by atoms with E-state index in [4.69, 9.17) is 11.6 Å². The Morgan fingerprint density at radius 2 is 1.74 bits per heavy atom. The highest BCUT2D eigenvalue weighted by Crippen LogP contribution is 2.34. The van der Waals surface area contributed by atoms with Gasteiger partial charge in [0.1, 0.15) is 0 Å². The van der Waals surface area contributed by atoms with Crippen LogP contribution in [-0.4, -0.2) is 27.1 Å². The number of rotatable bonds is 5. The number of nitrogens with one attached hydrogen (secondary N) is 1. The van der Waals surface area contributed by atoms with Crippen molar-refractivity contribution in [3.8, 4) is 0 Å². The third kappa shape index (κ3) is 4.92. The molecule has 0 heterocycles. The maximum Gasteiger partial charge on any atom is 0.416 e. The number of nitrogens with zero attached hydrogens (tertiary/aromatic N) is 1. The van der Waals surface area contributed by atoms with Gasteiger partial charge in [0.15, 0.2) is 0 Å². The van der Waals surface area contributed by atoms with E-state index >= 15 is 0 Å². The first kappa shape index (κ1) is 21.0. The van der Waals surface area contributed by atoms with Gasteiger partial charge in [0.05, 0.1) is 27.7 Å². The molecule has 1 N–H and O–H groups in total. The Morgan fingerprint density at radius 3 is 2.26 bits per heavy atom. The number of benzene rings is 2. The normalized spacial score (nSPS) is 11.9. The molecule has 0 atom stereocenters. The lowest BCUT2D eigenvalue weighted by atomic mass is 10.1. The molecule has 27 heavy (non-hydrogen) atoms. The van der Waals surface area contributed by atoms with Crippen molar-refractivity contribution in [2.75, 3.05) is 22.4 Å². The van der Waals surface area contributed by atoms with Crippen LogP contribution in [0.5, 0.6) is 0 Å². The average Bonchev–Trinajstić information content (AvgIpc) is 2.62. The quantitative estimate of drug-likeness (QED) is 0.779. The highest BCUT2D eigenvalue weighted by molar-refractivity contribution is 7.92. The van der Waals surface area contributed by atoms with Crippen molar-refractivity contribution < 1.29 is 26.4 Å². The zero-order valence-corrected chi connectivity index (χ0v) is 15.9. The largest absolute Gasteiger partial charge is 0.416 e. The van der Waals surface area contributed by atoms with E-state index in [1.54, 1.807) is 0 Å². The van der Waals surface area contributed by atoms with Crippen molar-refractivity contribution in [2.45, 2.75) is 13.1 Å². The van der Waals surface area contributed by atoms with E-state index < -0.39 is 27.7 Å². The molecular weight excluding hydrogens is 405 g/mol. The Balaban J connectivity index is 2.22. The second-order valence-corrected chi connectivity index (χ2v) is 8.26. The van der Waals surface area contributed by atoms with Crippen molar-refractivity contribution in [1.82, 2.24) is 0 Å². The molecule has 0 saturated heterocycles. The van der Waals surface area contributed by atoms with Gasteiger partial charge in [0.25, 0.3) is 5.91 Å². The number of alkyl halides is 3. The number of amides is 1. The molecule has 2 aromatic rings. The summed E-state index contributed by atoms with van der Waals surface area (Å²) in [5.41, 5.74) is -0.629. The first-order chi connectivity index (χ1) is 12.5. The van der Waals surface area contributed by atoms with Gasteiger partial charge in [-0.3, -0.25) is 9.10 Å². The van der Waals surface area contributed by atoms with Gasteiger partial charge in [0.2, 0.25) is 10.0 Å². The molecule has 0 aliphatic carbocycles. The van der Waals surface area contributed by atoms with Crippen LogP contribution in [0.2, 0.25) is 5.02 Å². The minimum absolute atomic E-state index is 0.0401. The molecule has 0 fully saturated rings. The van der Waals surface area contributed by atoms with Gasteiger partial charge in [-0.2, -0.15) is 13.2 Å². The molecule has 2 rings (SSSR count). The second kappa shape index (κ2) is 7.77. The Labute approximate surface area is 159 Å². The smallest absolute Gasteiger partial charge is 0.321 e. The standard InChI is InChI=1S/C17H16ClF3N2O3S/c1-3-27(25,26)23(2)13-7-4-11(5-8-13)16(24)22-15-10-12(17(19,20)21)6-9-14(15)18/h4-10H,3H2,1-2H3,(H,22,24). The number of sulfonamides is 1. The molecule has 0 aliphatic rings. The average molecular weight is 421 g/mol. The van der Waals surface area contributed by atoms with Gasteiger partial charge in [-0.05, 0) is 49.4 Å². The molecule has 2 aromatic carbocycles. The monoisotopic (exact) mass is 420 g/mol. The molecule has 146 valence electrons. The topological polar surface area (TPSA) is 66.5 Å². The SMILES string of the molecule is CCS(=O)(=O)N(C)c1ccc(C(=O)Nc2cc(C(F)(F)F)ccc2Cl)cc1. The summed E-state index contributed by atoms with van der Waals surface area (Å²) in [7, 11) is -2.06. The first-order valence-electron chi connectivity index (χ1n) is 7.70. The second-order valence-electron chi connectivity index (χ2n) is 5.56. The Kier molecular flexibility index (Phi) is 6.06. The van der Waals surface area contributed by atoms with Crippen LogP contribution in [0.15, 0.2) is 42.5 Å². The minimum atomic E-state index is -4.57. The summed E-state index contributed by atoms with van der Waals surface area (Å²) in [4.78, 5) is 12.3. The molecule has 0 radical (unpaired) electrons. The Bertz CT molecular complexity index is 945. The number of carbonyl (C=O) groups excluding carboxylic acids is 1. The number of anilines is 2. The third-order valence-electron chi connectivity index (χ3n) is 3.82. The molecule has 0 spiro atoms. The fourth-order valence-electron chi connectivity index (χ4n) is 2.17. The van der Waals surface area contributed by atoms with Gasteiger partial charge < -0.3 is 5.32 Å².